The first kappa shape index (κ1) is 12.2. The van der Waals surface area contributed by atoms with Crippen molar-refractivity contribution in [1.29, 1.82) is 0 Å². The van der Waals surface area contributed by atoms with E-state index in [-0.39, 0.29) is 23.5 Å². The van der Waals surface area contributed by atoms with Gasteiger partial charge in [-0.1, -0.05) is 31.2 Å². The molecule has 1 aliphatic rings. The first-order chi connectivity index (χ1) is 9.00. The maximum absolute atomic E-state index is 12.5. The third-order valence-electron chi connectivity index (χ3n) is 3.70. The second-order valence-corrected chi connectivity index (χ2v) is 5.32. The van der Waals surface area contributed by atoms with Crippen LogP contribution in [0.2, 0.25) is 0 Å². The van der Waals surface area contributed by atoms with Crippen molar-refractivity contribution < 1.29 is 14.7 Å². The normalized spacial score (nSPS) is 22.0. The number of Topliss-reactive ketones (excluding diaryl/α,β-unsaturated/α-hetero) is 2. The summed E-state index contributed by atoms with van der Waals surface area (Å²) in [5, 5.41) is 11.2. The van der Waals surface area contributed by atoms with Crippen LogP contribution in [0.25, 0.3) is 10.8 Å². The Kier molecular flexibility index (Phi) is 2.44. The van der Waals surface area contributed by atoms with Crippen LogP contribution >= 0.6 is 11.6 Å². The fourth-order valence-corrected chi connectivity index (χ4v) is 2.82. The molecule has 3 rings (SSSR count). The molecule has 4 heteroatoms. The molecule has 1 unspecified atom stereocenters. The van der Waals surface area contributed by atoms with Gasteiger partial charge in [-0.2, -0.15) is 0 Å². The molecule has 0 aliphatic heterocycles. The highest BCUT2D eigenvalue weighted by atomic mass is 35.5. The van der Waals surface area contributed by atoms with E-state index in [9.17, 15) is 14.7 Å². The van der Waals surface area contributed by atoms with E-state index in [1.54, 1.807) is 31.2 Å². The number of carbonyl (C=O) groups is 2. The van der Waals surface area contributed by atoms with Gasteiger partial charge in [0.15, 0.2) is 16.4 Å². The number of ketones is 2. The lowest BCUT2D eigenvalue weighted by atomic mass is 9.78. The van der Waals surface area contributed by atoms with E-state index in [4.69, 9.17) is 11.6 Å². The summed E-state index contributed by atoms with van der Waals surface area (Å²) in [6, 6.07) is 8.34. The Morgan fingerprint density at radius 1 is 1.16 bits per heavy atom. The van der Waals surface area contributed by atoms with Crippen LogP contribution in [0.1, 0.15) is 34.1 Å². The molecule has 2 aromatic carbocycles. The smallest absolute Gasteiger partial charge is 0.196 e. The zero-order chi connectivity index (χ0) is 13.8. The number of hydrogen-bond acceptors (Lipinski definition) is 3. The van der Waals surface area contributed by atoms with E-state index in [1.165, 1.54) is 6.07 Å². The molecule has 1 aliphatic carbocycles. The molecule has 0 amide bonds. The average molecular weight is 275 g/mol. The summed E-state index contributed by atoms with van der Waals surface area (Å²) in [7, 11) is 0. The van der Waals surface area contributed by atoms with Gasteiger partial charge in [0.2, 0.25) is 0 Å². The van der Waals surface area contributed by atoms with E-state index in [0.717, 1.165) is 5.39 Å². The van der Waals surface area contributed by atoms with Gasteiger partial charge in [-0.05, 0) is 17.9 Å². The first-order valence-corrected chi connectivity index (χ1v) is 6.41. The van der Waals surface area contributed by atoms with Gasteiger partial charge in [0.1, 0.15) is 5.75 Å². The highest BCUT2D eigenvalue weighted by molar-refractivity contribution is 6.55. The number of benzene rings is 2. The Morgan fingerprint density at radius 3 is 2.58 bits per heavy atom. The Balaban J connectivity index is 2.51. The predicted molar refractivity (Wildman–Crippen MR) is 73.1 cm³/mol. The van der Waals surface area contributed by atoms with Gasteiger partial charge in [-0.15, -0.1) is 11.6 Å². The van der Waals surface area contributed by atoms with E-state index >= 15 is 0 Å². The first-order valence-electron chi connectivity index (χ1n) is 6.04. The fourth-order valence-electron chi connectivity index (χ4n) is 2.62. The van der Waals surface area contributed by atoms with Gasteiger partial charge in [-0.3, -0.25) is 9.59 Å². The molecular weight excluding hydrogens is 264 g/mol. The van der Waals surface area contributed by atoms with Crippen LogP contribution in [-0.2, 0) is 0 Å². The van der Waals surface area contributed by atoms with Gasteiger partial charge in [0, 0.05) is 10.9 Å². The monoisotopic (exact) mass is 274 g/mol. The quantitative estimate of drug-likeness (QED) is 0.641. The second-order valence-electron chi connectivity index (χ2n) is 4.68. The van der Waals surface area contributed by atoms with Gasteiger partial charge in [0.05, 0.1) is 5.56 Å². The van der Waals surface area contributed by atoms with Gasteiger partial charge in [-0.25, -0.2) is 0 Å². The van der Waals surface area contributed by atoms with Crippen molar-refractivity contribution in [2.45, 2.75) is 18.2 Å². The van der Waals surface area contributed by atoms with Crippen LogP contribution in [0.3, 0.4) is 0 Å². The summed E-state index contributed by atoms with van der Waals surface area (Å²) in [5.41, 5.74) is 0.560. The zero-order valence-electron chi connectivity index (χ0n) is 10.2. The number of rotatable bonds is 1. The molecule has 0 saturated heterocycles. The summed E-state index contributed by atoms with van der Waals surface area (Å²) in [5.74, 6) is -1.02. The number of phenols is 1. The highest BCUT2D eigenvalue weighted by Crippen LogP contribution is 2.42. The topological polar surface area (TPSA) is 54.4 Å². The van der Waals surface area contributed by atoms with Crippen LogP contribution in [0.15, 0.2) is 30.3 Å². The largest absolute Gasteiger partial charge is 0.507 e. The van der Waals surface area contributed by atoms with Crippen LogP contribution in [0, 0.1) is 0 Å². The summed E-state index contributed by atoms with van der Waals surface area (Å²) >= 11 is 6.23. The summed E-state index contributed by atoms with van der Waals surface area (Å²) < 4.78 is 0. The lowest BCUT2D eigenvalue weighted by Gasteiger charge is -2.29. The number of aromatic hydroxyl groups is 1. The van der Waals surface area contributed by atoms with Crippen molar-refractivity contribution in [2.75, 3.05) is 0 Å². The van der Waals surface area contributed by atoms with E-state index in [0.29, 0.717) is 10.9 Å². The molecule has 0 heterocycles. The Hall–Kier alpha value is -1.87. The number of halogens is 1. The van der Waals surface area contributed by atoms with Gasteiger partial charge >= 0.3 is 0 Å². The molecular formula is C15H11ClO3. The van der Waals surface area contributed by atoms with Gasteiger partial charge < -0.3 is 5.11 Å². The van der Waals surface area contributed by atoms with E-state index < -0.39 is 10.7 Å². The minimum Gasteiger partial charge on any atom is -0.507 e. The van der Waals surface area contributed by atoms with Crippen LogP contribution in [0.5, 0.6) is 5.75 Å². The van der Waals surface area contributed by atoms with Crippen LogP contribution in [-0.4, -0.2) is 21.5 Å². The summed E-state index contributed by atoms with van der Waals surface area (Å²) in [4.78, 5) is 23.3. The molecule has 0 aromatic heterocycles. The minimum atomic E-state index is -1.60. The van der Waals surface area contributed by atoms with Crippen LogP contribution in [0.4, 0.5) is 0 Å². The average Bonchev–Trinajstić information content (AvgIpc) is 2.43. The van der Waals surface area contributed by atoms with Crippen molar-refractivity contribution in [3.05, 3.63) is 41.5 Å². The van der Waals surface area contributed by atoms with E-state index in [2.05, 4.69) is 0 Å². The second kappa shape index (κ2) is 3.81. The molecule has 2 aromatic rings. The molecule has 0 bridgehead atoms. The molecule has 0 fully saturated rings. The Morgan fingerprint density at radius 2 is 1.89 bits per heavy atom. The fraction of sp³-hybridized carbons (Fsp3) is 0.200. The van der Waals surface area contributed by atoms with Crippen LogP contribution < -0.4 is 0 Å². The number of alkyl halides is 1. The van der Waals surface area contributed by atoms with Crippen molar-refractivity contribution in [3.8, 4) is 5.75 Å². The molecule has 1 N–H and O–H groups in total. The van der Waals surface area contributed by atoms with Crippen molar-refractivity contribution in [2.24, 2.45) is 0 Å². The zero-order valence-corrected chi connectivity index (χ0v) is 11.0. The minimum absolute atomic E-state index is 0.129. The standard InChI is InChI=1S/C15H11ClO3/c1-2-15(16)13(18)9-5-3-4-8-6-7-10(17)12(11(8)9)14(15)19/h3-7,17H,2H2,1H3. The molecule has 19 heavy (non-hydrogen) atoms. The SMILES string of the molecule is CCC1(Cl)C(=O)c2cccc3ccc(O)c(c23)C1=O. The predicted octanol–water partition coefficient (Wildman–Crippen LogP) is 3.31. The van der Waals surface area contributed by atoms with Crippen molar-refractivity contribution in [1.82, 2.24) is 0 Å². The lowest BCUT2D eigenvalue weighted by Crippen LogP contribution is -2.43. The number of phenolic OH excluding ortho intramolecular Hbond substituents is 1. The van der Waals surface area contributed by atoms with E-state index in [1.807, 2.05) is 0 Å². The Labute approximate surface area is 114 Å². The molecule has 0 radical (unpaired) electrons. The van der Waals surface area contributed by atoms with Crippen molar-refractivity contribution in [3.63, 3.8) is 0 Å². The number of carbonyl (C=O) groups excluding carboxylic acids is 2. The maximum atomic E-state index is 12.5. The molecule has 0 saturated carbocycles. The third-order valence-corrected chi connectivity index (χ3v) is 4.31. The summed E-state index contributed by atoms with van der Waals surface area (Å²) in [6.45, 7) is 1.69. The molecule has 3 nitrogen and oxygen atoms in total. The molecule has 0 spiro atoms. The Bertz CT molecular complexity index is 735. The lowest BCUT2D eigenvalue weighted by molar-refractivity contribution is 0.0822. The highest BCUT2D eigenvalue weighted by Gasteiger charge is 2.48. The number of hydrogen-bond donors (Lipinski definition) is 1. The third kappa shape index (κ3) is 1.39. The van der Waals surface area contributed by atoms with Gasteiger partial charge in [0.25, 0.3) is 0 Å². The summed E-state index contributed by atoms with van der Waals surface area (Å²) in [6.07, 6.45) is 0.191. The van der Waals surface area contributed by atoms with Crippen molar-refractivity contribution >= 4 is 33.9 Å². The maximum Gasteiger partial charge on any atom is 0.196 e. The molecule has 96 valence electrons. The molecule has 1 atom stereocenters.